The number of hydrogen-bond acceptors (Lipinski definition) is 5. The maximum atomic E-state index is 12.0. The molecule has 0 bridgehead atoms. The molecule has 0 aliphatic rings. The molecule has 0 radical (unpaired) electrons. The van der Waals surface area contributed by atoms with Crippen LogP contribution in [0.1, 0.15) is 20.8 Å². The molecule has 0 saturated carbocycles. The van der Waals surface area contributed by atoms with Gasteiger partial charge in [-0.3, -0.25) is 4.79 Å². The summed E-state index contributed by atoms with van der Waals surface area (Å²) in [5.41, 5.74) is -0.0110. The summed E-state index contributed by atoms with van der Waals surface area (Å²) in [6, 6.07) is 7.72. The summed E-state index contributed by atoms with van der Waals surface area (Å²) in [5.74, 6) is 0.105. The first-order valence-corrected chi connectivity index (χ1v) is 8.93. The highest BCUT2D eigenvalue weighted by Crippen LogP contribution is 2.31. The van der Waals surface area contributed by atoms with Crippen LogP contribution in [0, 0.1) is 17.2 Å². The van der Waals surface area contributed by atoms with Crippen LogP contribution in [0.3, 0.4) is 0 Å². The fourth-order valence-electron chi connectivity index (χ4n) is 1.70. The predicted molar refractivity (Wildman–Crippen MR) is 92.4 cm³/mol. The lowest BCUT2D eigenvalue weighted by atomic mass is 9.90. The Balaban J connectivity index is 1.99. The number of benzene rings is 1. The van der Waals surface area contributed by atoms with Crippen LogP contribution >= 0.6 is 34.7 Å². The Labute approximate surface area is 142 Å². The second-order valence-corrected chi connectivity index (χ2v) is 8.09. The average Bonchev–Trinajstić information content (AvgIpc) is 2.86. The van der Waals surface area contributed by atoms with E-state index in [4.69, 9.17) is 11.6 Å². The molecule has 2 rings (SSSR count). The van der Waals surface area contributed by atoms with Crippen molar-refractivity contribution in [2.45, 2.75) is 30.6 Å². The van der Waals surface area contributed by atoms with Crippen LogP contribution in [0.15, 0.2) is 22.5 Å². The first-order valence-electron chi connectivity index (χ1n) is 6.75. The van der Waals surface area contributed by atoms with Gasteiger partial charge in [0.05, 0.1) is 22.0 Å². The summed E-state index contributed by atoms with van der Waals surface area (Å²) in [6.07, 6.45) is 0. The lowest BCUT2D eigenvalue weighted by molar-refractivity contribution is -0.120. The number of rotatable bonds is 5. The van der Waals surface area contributed by atoms with Gasteiger partial charge in [0.15, 0.2) is 4.34 Å². The topological polar surface area (TPSA) is 65.8 Å². The fraction of sp³-hybridized carbons (Fsp3) is 0.400. The minimum Gasteiger partial charge on any atom is -0.337 e. The number of thiazole rings is 1. The highest BCUT2D eigenvalue weighted by molar-refractivity contribution is 8.01. The van der Waals surface area contributed by atoms with Gasteiger partial charge in [-0.05, 0) is 31.0 Å². The fourth-order valence-corrected chi connectivity index (χ4v) is 3.71. The van der Waals surface area contributed by atoms with E-state index in [-0.39, 0.29) is 17.6 Å². The number of fused-ring (bicyclic) bond motifs is 1. The molecule has 1 heterocycles. The van der Waals surface area contributed by atoms with E-state index in [1.807, 2.05) is 32.0 Å². The molecule has 1 aromatic heterocycles. The SMILES string of the molecule is CC(C)C(C)(C#N)NC(=O)CSc1nc2cc(Cl)ccc2s1. The number of aromatic nitrogens is 1. The van der Waals surface area contributed by atoms with Crippen molar-refractivity contribution in [1.29, 1.82) is 5.26 Å². The standard InChI is InChI=1S/C15H16ClN3OS2/c1-9(2)15(3,8-17)19-13(20)7-21-14-18-11-6-10(16)4-5-12(11)22-14/h4-6,9H,7H2,1-3H3,(H,19,20). The van der Waals surface area contributed by atoms with Crippen molar-refractivity contribution in [2.75, 3.05) is 5.75 Å². The number of halogens is 1. The molecule has 1 aromatic carbocycles. The molecule has 1 atom stereocenters. The Bertz CT molecular complexity index is 738. The molecule has 1 unspecified atom stereocenters. The van der Waals surface area contributed by atoms with Gasteiger partial charge in [-0.15, -0.1) is 11.3 Å². The van der Waals surface area contributed by atoms with Crippen molar-refractivity contribution in [3.8, 4) is 6.07 Å². The molecule has 1 amide bonds. The van der Waals surface area contributed by atoms with E-state index in [0.29, 0.717) is 5.02 Å². The first kappa shape index (κ1) is 17.1. The van der Waals surface area contributed by atoms with E-state index in [1.165, 1.54) is 23.1 Å². The first-order chi connectivity index (χ1) is 10.3. The van der Waals surface area contributed by atoms with E-state index in [1.54, 1.807) is 6.92 Å². The van der Waals surface area contributed by atoms with Gasteiger partial charge in [0.1, 0.15) is 5.54 Å². The molecule has 0 aliphatic carbocycles. The third-order valence-corrected chi connectivity index (χ3v) is 5.86. The van der Waals surface area contributed by atoms with Crippen LogP contribution in [0.4, 0.5) is 0 Å². The summed E-state index contributed by atoms with van der Waals surface area (Å²) >= 11 is 8.83. The van der Waals surface area contributed by atoms with E-state index in [9.17, 15) is 10.1 Å². The zero-order chi connectivity index (χ0) is 16.3. The highest BCUT2D eigenvalue weighted by atomic mass is 35.5. The Hall–Kier alpha value is -1.29. The summed E-state index contributed by atoms with van der Waals surface area (Å²) in [7, 11) is 0. The third-order valence-electron chi connectivity index (χ3n) is 3.44. The summed E-state index contributed by atoms with van der Waals surface area (Å²) < 4.78 is 1.85. The predicted octanol–water partition coefficient (Wildman–Crippen LogP) is 4.10. The largest absolute Gasteiger partial charge is 0.337 e. The molecule has 0 saturated heterocycles. The molecule has 0 aliphatic heterocycles. The minimum absolute atomic E-state index is 0.0380. The molecule has 4 nitrogen and oxygen atoms in total. The molecular weight excluding hydrogens is 338 g/mol. The van der Waals surface area contributed by atoms with Crippen LogP contribution < -0.4 is 5.32 Å². The second-order valence-electron chi connectivity index (χ2n) is 5.40. The lowest BCUT2D eigenvalue weighted by Gasteiger charge is -2.27. The Morgan fingerprint density at radius 2 is 2.32 bits per heavy atom. The molecule has 1 N–H and O–H groups in total. The number of nitrogens with one attached hydrogen (secondary N) is 1. The Morgan fingerprint density at radius 3 is 2.95 bits per heavy atom. The number of thioether (sulfide) groups is 1. The van der Waals surface area contributed by atoms with Crippen molar-refractivity contribution in [3.63, 3.8) is 0 Å². The van der Waals surface area contributed by atoms with Crippen molar-refractivity contribution >= 4 is 50.8 Å². The number of hydrogen-bond donors (Lipinski definition) is 1. The van der Waals surface area contributed by atoms with E-state index in [0.717, 1.165) is 14.6 Å². The zero-order valence-corrected chi connectivity index (χ0v) is 14.9. The third kappa shape index (κ3) is 3.92. The molecule has 0 spiro atoms. The number of nitriles is 1. The quantitative estimate of drug-likeness (QED) is 0.822. The second kappa shape index (κ2) is 6.86. The van der Waals surface area contributed by atoms with Crippen LogP contribution in [0.25, 0.3) is 10.2 Å². The Morgan fingerprint density at radius 1 is 1.59 bits per heavy atom. The van der Waals surface area contributed by atoms with E-state index in [2.05, 4.69) is 16.4 Å². The smallest absolute Gasteiger partial charge is 0.231 e. The average molecular weight is 354 g/mol. The number of nitrogens with zero attached hydrogens (tertiary/aromatic N) is 2. The van der Waals surface area contributed by atoms with Crippen molar-refractivity contribution in [1.82, 2.24) is 10.3 Å². The van der Waals surface area contributed by atoms with Gasteiger partial charge >= 0.3 is 0 Å². The van der Waals surface area contributed by atoms with Crippen LogP contribution in [-0.4, -0.2) is 22.2 Å². The van der Waals surface area contributed by atoms with Gasteiger partial charge < -0.3 is 5.32 Å². The Kier molecular flexibility index (Phi) is 5.32. The van der Waals surface area contributed by atoms with Crippen molar-refractivity contribution in [2.24, 2.45) is 5.92 Å². The normalized spacial score (nSPS) is 13.8. The van der Waals surface area contributed by atoms with Gasteiger partial charge in [-0.25, -0.2) is 4.98 Å². The van der Waals surface area contributed by atoms with Crippen LogP contribution in [0.2, 0.25) is 5.02 Å². The summed E-state index contributed by atoms with van der Waals surface area (Å²) in [5, 5.41) is 12.7. The minimum atomic E-state index is -0.848. The van der Waals surface area contributed by atoms with E-state index < -0.39 is 5.54 Å². The van der Waals surface area contributed by atoms with E-state index >= 15 is 0 Å². The summed E-state index contributed by atoms with van der Waals surface area (Å²) in [4.78, 5) is 16.5. The van der Waals surface area contributed by atoms with Gasteiger partial charge in [-0.1, -0.05) is 37.2 Å². The highest BCUT2D eigenvalue weighted by Gasteiger charge is 2.29. The van der Waals surface area contributed by atoms with Crippen molar-refractivity contribution in [3.05, 3.63) is 23.2 Å². The molecule has 116 valence electrons. The molecular formula is C15H16ClN3OS2. The molecule has 22 heavy (non-hydrogen) atoms. The monoisotopic (exact) mass is 353 g/mol. The molecule has 7 heteroatoms. The van der Waals surface area contributed by atoms with Gasteiger partial charge in [0.25, 0.3) is 0 Å². The van der Waals surface area contributed by atoms with Crippen molar-refractivity contribution < 1.29 is 4.79 Å². The molecule has 0 fully saturated rings. The maximum absolute atomic E-state index is 12.0. The maximum Gasteiger partial charge on any atom is 0.231 e. The summed E-state index contributed by atoms with van der Waals surface area (Å²) in [6.45, 7) is 5.56. The van der Waals surface area contributed by atoms with Gasteiger partial charge in [0.2, 0.25) is 5.91 Å². The van der Waals surface area contributed by atoms with Gasteiger partial charge in [0, 0.05) is 5.02 Å². The molecule has 2 aromatic rings. The number of amides is 1. The lowest BCUT2D eigenvalue weighted by Crippen LogP contribution is -2.49. The number of carbonyl (C=O) groups is 1. The van der Waals surface area contributed by atoms with Crippen LogP contribution in [-0.2, 0) is 4.79 Å². The van der Waals surface area contributed by atoms with Crippen LogP contribution in [0.5, 0.6) is 0 Å². The zero-order valence-electron chi connectivity index (χ0n) is 12.5. The number of carbonyl (C=O) groups excluding carboxylic acids is 1. The van der Waals surface area contributed by atoms with Gasteiger partial charge in [-0.2, -0.15) is 5.26 Å².